The van der Waals surface area contributed by atoms with Crippen molar-refractivity contribution in [2.75, 3.05) is 0 Å². The molecule has 90 valence electrons. The zero-order valence-corrected chi connectivity index (χ0v) is 11.7. The molecule has 0 spiro atoms. The summed E-state index contributed by atoms with van der Waals surface area (Å²) in [7, 11) is 0. The van der Waals surface area contributed by atoms with Gasteiger partial charge < -0.3 is 0 Å². The summed E-state index contributed by atoms with van der Waals surface area (Å²) in [5.41, 5.74) is 10.7. The number of allylic oxidation sites excluding steroid dienone is 2. The van der Waals surface area contributed by atoms with Crippen LogP contribution in [0.25, 0.3) is 0 Å². The third kappa shape index (κ3) is 1.95. The maximum Gasteiger partial charge on any atom is 0.0522 e. The van der Waals surface area contributed by atoms with E-state index < -0.39 is 0 Å². The Hall–Kier alpha value is -1.37. The van der Waals surface area contributed by atoms with Gasteiger partial charge in [-0.15, -0.1) is 0 Å². The van der Waals surface area contributed by atoms with E-state index in [1.807, 2.05) is 0 Å². The highest BCUT2D eigenvalue weighted by molar-refractivity contribution is 6.05. The first kappa shape index (κ1) is 12.1. The molecule has 0 N–H and O–H groups in total. The Labute approximate surface area is 104 Å². The lowest BCUT2D eigenvalue weighted by atomic mass is 9.91. The maximum atomic E-state index is 4.71. The van der Waals surface area contributed by atoms with E-state index in [2.05, 4.69) is 47.6 Å². The van der Waals surface area contributed by atoms with Crippen LogP contribution in [-0.4, -0.2) is 5.71 Å². The SMILES string of the molecule is CC1=C(C)N=C(c2cc(C)c(C)c(C)c2C)C1. The van der Waals surface area contributed by atoms with Crippen LogP contribution in [0.4, 0.5) is 0 Å². The lowest BCUT2D eigenvalue weighted by Crippen LogP contribution is -2.05. The molecule has 1 heteroatoms. The van der Waals surface area contributed by atoms with Gasteiger partial charge in [0.05, 0.1) is 5.71 Å². The van der Waals surface area contributed by atoms with Crippen LogP contribution in [0.1, 0.15) is 48.1 Å². The molecule has 0 aromatic heterocycles. The lowest BCUT2D eigenvalue weighted by molar-refractivity contribution is 1.19. The van der Waals surface area contributed by atoms with Crippen LogP contribution in [0, 0.1) is 27.7 Å². The van der Waals surface area contributed by atoms with E-state index >= 15 is 0 Å². The molecule has 0 unspecified atom stereocenters. The first-order valence-corrected chi connectivity index (χ1v) is 6.23. The number of rotatable bonds is 1. The van der Waals surface area contributed by atoms with Crippen molar-refractivity contribution in [3.05, 3.63) is 45.2 Å². The van der Waals surface area contributed by atoms with Crippen molar-refractivity contribution in [1.29, 1.82) is 0 Å². The fourth-order valence-corrected chi connectivity index (χ4v) is 2.38. The molecule has 1 aliphatic rings. The normalized spacial score (nSPS) is 15.5. The summed E-state index contributed by atoms with van der Waals surface area (Å²) >= 11 is 0. The molecule has 1 heterocycles. The fourth-order valence-electron chi connectivity index (χ4n) is 2.38. The van der Waals surface area contributed by atoms with Gasteiger partial charge in [0.25, 0.3) is 0 Å². The van der Waals surface area contributed by atoms with E-state index in [-0.39, 0.29) is 0 Å². The second-order valence-electron chi connectivity index (χ2n) is 5.22. The zero-order chi connectivity index (χ0) is 12.7. The molecule has 0 bridgehead atoms. The standard InChI is InChI=1S/C16H21N/c1-9-7-15(13(5)12(4)11(9)3)16-8-10(2)14(6)17-16/h7H,8H2,1-6H3. The van der Waals surface area contributed by atoms with Crippen molar-refractivity contribution >= 4 is 5.71 Å². The summed E-state index contributed by atoms with van der Waals surface area (Å²) in [6.45, 7) is 13.1. The lowest BCUT2D eigenvalue weighted by Gasteiger charge is -2.14. The predicted molar refractivity (Wildman–Crippen MR) is 74.9 cm³/mol. The predicted octanol–water partition coefficient (Wildman–Crippen LogP) is 4.41. The number of hydrogen-bond acceptors (Lipinski definition) is 1. The van der Waals surface area contributed by atoms with Gasteiger partial charge in [-0.1, -0.05) is 0 Å². The molecule has 2 rings (SSSR count). The third-order valence-corrected chi connectivity index (χ3v) is 4.15. The largest absolute Gasteiger partial charge is 0.257 e. The van der Waals surface area contributed by atoms with Crippen molar-refractivity contribution in [2.24, 2.45) is 4.99 Å². The monoisotopic (exact) mass is 227 g/mol. The molecule has 1 aromatic rings. The second-order valence-corrected chi connectivity index (χ2v) is 5.22. The van der Waals surface area contributed by atoms with Crippen LogP contribution >= 0.6 is 0 Å². The Morgan fingerprint density at radius 2 is 1.53 bits per heavy atom. The van der Waals surface area contributed by atoms with Crippen LogP contribution in [0.5, 0.6) is 0 Å². The molecule has 17 heavy (non-hydrogen) atoms. The highest BCUT2D eigenvalue weighted by Gasteiger charge is 2.17. The van der Waals surface area contributed by atoms with E-state index in [9.17, 15) is 0 Å². The van der Waals surface area contributed by atoms with Crippen molar-refractivity contribution in [2.45, 2.75) is 48.0 Å². The minimum absolute atomic E-state index is 1.01. The van der Waals surface area contributed by atoms with Gasteiger partial charge in [-0.25, -0.2) is 0 Å². The van der Waals surface area contributed by atoms with Gasteiger partial charge in [-0.05, 0) is 81.0 Å². The number of aliphatic imine (C=N–C) groups is 1. The molecule has 0 radical (unpaired) electrons. The molecule has 0 atom stereocenters. The molecular weight excluding hydrogens is 206 g/mol. The summed E-state index contributed by atoms with van der Waals surface area (Å²) < 4.78 is 0. The van der Waals surface area contributed by atoms with E-state index in [0.717, 1.165) is 6.42 Å². The zero-order valence-electron chi connectivity index (χ0n) is 11.7. The summed E-state index contributed by atoms with van der Waals surface area (Å²) in [5.74, 6) is 0. The minimum Gasteiger partial charge on any atom is -0.257 e. The summed E-state index contributed by atoms with van der Waals surface area (Å²) in [5, 5.41) is 0. The van der Waals surface area contributed by atoms with Gasteiger partial charge in [-0.2, -0.15) is 0 Å². The minimum atomic E-state index is 1.01. The molecule has 0 aliphatic carbocycles. The number of aryl methyl sites for hydroxylation is 1. The van der Waals surface area contributed by atoms with Gasteiger partial charge in [0.2, 0.25) is 0 Å². The first-order valence-electron chi connectivity index (χ1n) is 6.23. The Balaban J connectivity index is 2.53. The van der Waals surface area contributed by atoms with E-state index in [1.165, 1.54) is 44.8 Å². The molecule has 0 saturated heterocycles. The van der Waals surface area contributed by atoms with Crippen LogP contribution in [-0.2, 0) is 0 Å². The van der Waals surface area contributed by atoms with E-state index in [0.29, 0.717) is 0 Å². The molecule has 0 saturated carbocycles. The quantitative estimate of drug-likeness (QED) is 0.674. The number of nitrogens with zero attached hydrogens (tertiary/aromatic N) is 1. The highest BCUT2D eigenvalue weighted by Crippen LogP contribution is 2.28. The topological polar surface area (TPSA) is 12.4 Å². The Morgan fingerprint density at radius 3 is 2.06 bits per heavy atom. The van der Waals surface area contributed by atoms with Crippen molar-refractivity contribution in [3.8, 4) is 0 Å². The van der Waals surface area contributed by atoms with Gasteiger partial charge in [-0.3, -0.25) is 4.99 Å². The maximum absolute atomic E-state index is 4.71. The van der Waals surface area contributed by atoms with E-state index in [4.69, 9.17) is 4.99 Å². The number of hydrogen-bond donors (Lipinski definition) is 0. The molecule has 1 aliphatic heterocycles. The fraction of sp³-hybridized carbons (Fsp3) is 0.438. The highest BCUT2D eigenvalue weighted by atomic mass is 14.8. The van der Waals surface area contributed by atoms with Crippen LogP contribution in [0.15, 0.2) is 22.3 Å². The molecule has 1 nitrogen and oxygen atoms in total. The average Bonchev–Trinajstić information content (AvgIpc) is 2.61. The molecule has 1 aromatic carbocycles. The second kappa shape index (κ2) is 4.14. The number of benzene rings is 1. The molecule has 0 fully saturated rings. The Kier molecular flexibility index (Phi) is 2.94. The van der Waals surface area contributed by atoms with Crippen LogP contribution in [0.2, 0.25) is 0 Å². The van der Waals surface area contributed by atoms with Gasteiger partial charge >= 0.3 is 0 Å². The third-order valence-electron chi connectivity index (χ3n) is 4.15. The van der Waals surface area contributed by atoms with Gasteiger partial charge in [0, 0.05) is 12.1 Å². The van der Waals surface area contributed by atoms with Crippen LogP contribution in [0.3, 0.4) is 0 Å². The smallest absolute Gasteiger partial charge is 0.0522 e. The summed E-state index contributed by atoms with van der Waals surface area (Å²) in [4.78, 5) is 4.71. The average molecular weight is 227 g/mol. The van der Waals surface area contributed by atoms with E-state index in [1.54, 1.807) is 0 Å². The van der Waals surface area contributed by atoms with Crippen molar-refractivity contribution in [3.63, 3.8) is 0 Å². The van der Waals surface area contributed by atoms with Gasteiger partial charge in [0.15, 0.2) is 0 Å². The first-order chi connectivity index (χ1) is 7.91. The van der Waals surface area contributed by atoms with Crippen LogP contribution < -0.4 is 0 Å². The molecule has 0 amide bonds. The Bertz CT molecular complexity index is 545. The summed E-state index contributed by atoms with van der Waals surface area (Å²) in [6, 6.07) is 2.29. The van der Waals surface area contributed by atoms with Crippen molar-refractivity contribution in [1.82, 2.24) is 0 Å². The Morgan fingerprint density at radius 1 is 0.882 bits per heavy atom. The summed E-state index contributed by atoms with van der Waals surface area (Å²) in [6.07, 6.45) is 1.01. The van der Waals surface area contributed by atoms with Crippen molar-refractivity contribution < 1.29 is 0 Å². The van der Waals surface area contributed by atoms with Gasteiger partial charge in [0.1, 0.15) is 0 Å². The molecular formula is C16H21N.